The van der Waals surface area contributed by atoms with Gasteiger partial charge in [-0.3, -0.25) is 0 Å². The molecule has 3 aromatic carbocycles. The zero-order valence-corrected chi connectivity index (χ0v) is 16.7. The van der Waals surface area contributed by atoms with E-state index >= 15 is 0 Å². The van der Waals surface area contributed by atoms with Crippen molar-refractivity contribution in [2.45, 2.75) is 26.1 Å². The molecule has 0 aliphatic carbocycles. The number of alkyl halides is 3. The fourth-order valence-corrected chi connectivity index (χ4v) is 3.21. The van der Waals surface area contributed by atoms with Crippen molar-refractivity contribution in [1.29, 1.82) is 0 Å². The van der Waals surface area contributed by atoms with E-state index in [1.807, 2.05) is 19.1 Å². The van der Waals surface area contributed by atoms with Gasteiger partial charge in [-0.2, -0.15) is 0 Å². The normalized spacial score (nSPS) is 11.9. The van der Waals surface area contributed by atoms with Crippen LogP contribution >= 0.6 is 0 Å². The third kappa shape index (κ3) is 5.49. The van der Waals surface area contributed by atoms with E-state index in [0.717, 1.165) is 18.1 Å². The van der Waals surface area contributed by atoms with Crippen molar-refractivity contribution >= 4 is 0 Å². The number of rotatable bonds is 6. The van der Waals surface area contributed by atoms with Crippen LogP contribution in [0.4, 0.5) is 30.7 Å². The van der Waals surface area contributed by atoms with Crippen LogP contribution < -0.4 is 4.74 Å². The molecular formula is C24H17F7O. The second-order valence-electron chi connectivity index (χ2n) is 6.93. The number of ether oxygens (including phenoxy) is 1. The molecule has 0 bridgehead atoms. The Balaban J connectivity index is 1.90. The minimum Gasteiger partial charge on any atom is -0.399 e. The van der Waals surface area contributed by atoms with Crippen LogP contribution in [0.25, 0.3) is 22.3 Å². The van der Waals surface area contributed by atoms with E-state index in [9.17, 15) is 30.7 Å². The van der Waals surface area contributed by atoms with E-state index in [1.54, 1.807) is 6.07 Å². The standard InChI is InChI=1S/C24H17F7O/c1-2-3-4-5-14-6-8-17(19(25)10-14)15-7-9-18(20(26)11-15)16-12-21(27)23(22(28)13-16)32-24(29,30)31/h2-3,6-13H,4-5H2,1H3. The molecule has 168 valence electrons. The molecule has 8 heteroatoms. The maximum Gasteiger partial charge on any atom is 0.573 e. The molecule has 32 heavy (non-hydrogen) atoms. The Bertz CT molecular complexity index is 1130. The Morgan fingerprint density at radius 2 is 1.31 bits per heavy atom. The number of aryl methyl sites for hydroxylation is 1. The van der Waals surface area contributed by atoms with Gasteiger partial charge in [-0.25, -0.2) is 17.6 Å². The third-order valence-corrected chi connectivity index (χ3v) is 4.68. The average Bonchev–Trinajstić information content (AvgIpc) is 2.70. The number of halogens is 7. The molecule has 0 spiro atoms. The van der Waals surface area contributed by atoms with E-state index in [2.05, 4.69) is 4.74 Å². The maximum absolute atomic E-state index is 14.7. The minimum atomic E-state index is -5.29. The van der Waals surface area contributed by atoms with Gasteiger partial charge in [0, 0.05) is 11.1 Å². The average molecular weight is 454 g/mol. The van der Waals surface area contributed by atoms with Crippen molar-refractivity contribution in [2.24, 2.45) is 0 Å². The fourth-order valence-electron chi connectivity index (χ4n) is 3.21. The van der Waals surface area contributed by atoms with Gasteiger partial charge in [0.25, 0.3) is 0 Å². The molecule has 0 amide bonds. The summed E-state index contributed by atoms with van der Waals surface area (Å²) in [6.07, 6.45) is -0.0575. The van der Waals surface area contributed by atoms with Crippen molar-refractivity contribution in [3.05, 3.63) is 89.5 Å². The van der Waals surface area contributed by atoms with Gasteiger partial charge < -0.3 is 4.74 Å². The molecule has 0 saturated heterocycles. The highest BCUT2D eigenvalue weighted by molar-refractivity contribution is 5.72. The topological polar surface area (TPSA) is 9.23 Å². The molecule has 0 heterocycles. The highest BCUT2D eigenvalue weighted by Crippen LogP contribution is 2.35. The van der Waals surface area contributed by atoms with E-state index in [1.165, 1.54) is 24.3 Å². The van der Waals surface area contributed by atoms with Gasteiger partial charge in [-0.1, -0.05) is 36.4 Å². The fraction of sp³-hybridized carbons (Fsp3) is 0.167. The predicted octanol–water partition coefficient (Wildman–Crippen LogP) is 7.98. The molecule has 0 saturated carbocycles. The Morgan fingerprint density at radius 3 is 1.88 bits per heavy atom. The summed E-state index contributed by atoms with van der Waals surface area (Å²) in [7, 11) is 0. The van der Waals surface area contributed by atoms with Crippen LogP contribution in [-0.2, 0) is 6.42 Å². The van der Waals surface area contributed by atoms with Crippen molar-refractivity contribution in [2.75, 3.05) is 0 Å². The van der Waals surface area contributed by atoms with Crippen LogP contribution in [0.2, 0.25) is 0 Å². The lowest BCUT2D eigenvalue weighted by Gasteiger charge is -2.13. The lowest BCUT2D eigenvalue weighted by atomic mass is 9.97. The molecule has 0 aliphatic rings. The van der Waals surface area contributed by atoms with E-state index in [4.69, 9.17) is 0 Å². The number of hydrogen-bond donors (Lipinski definition) is 0. The van der Waals surface area contributed by atoms with Crippen LogP contribution in [0, 0.1) is 23.3 Å². The Morgan fingerprint density at radius 1 is 0.750 bits per heavy atom. The molecule has 0 atom stereocenters. The third-order valence-electron chi connectivity index (χ3n) is 4.68. The first-order chi connectivity index (χ1) is 15.1. The number of benzene rings is 3. The molecule has 0 fully saturated rings. The Kier molecular flexibility index (Phi) is 6.91. The summed E-state index contributed by atoms with van der Waals surface area (Å²) in [5.74, 6) is -6.39. The zero-order valence-electron chi connectivity index (χ0n) is 16.7. The molecule has 3 aromatic rings. The molecule has 0 N–H and O–H groups in total. The van der Waals surface area contributed by atoms with Gasteiger partial charge in [0.05, 0.1) is 0 Å². The summed E-state index contributed by atoms with van der Waals surface area (Å²) in [5, 5.41) is 0. The van der Waals surface area contributed by atoms with Crippen molar-refractivity contribution in [3.8, 4) is 28.0 Å². The first-order valence-electron chi connectivity index (χ1n) is 9.53. The smallest absolute Gasteiger partial charge is 0.399 e. The molecule has 0 aromatic heterocycles. The Labute approximate surface area is 179 Å². The molecular weight excluding hydrogens is 437 g/mol. The van der Waals surface area contributed by atoms with E-state index < -0.39 is 35.4 Å². The Hall–Kier alpha value is -3.29. The van der Waals surface area contributed by atoms with E-state index in [0.29, 0.717) is 18.6 Å². The SMILES string of the molecule is CC=CCCc1ccc(-c2ccc(-c3cc(F)c(OC(F)(F)F)c(F)c3)c(F)c2)c(F)c1. The van der Waals surface area contributed by atoms with Gasteiger partial charge in [0.15, 0.2) is 11.6 Å². The highest BCUT2D eigenvalue weighted by Gasteiger charge is 2.34. The van der Waals surface area contributed by atoms with Crippen LogP contribution in [-0.4, -0.2) is 6.36 Å². The van der Waals surface area contributed by atoms with Gasteiger partial charge in [-0.15, -0.1) is 13.2 Å². The van der Waals surface area contributed by atoms with Crippen LogP contribution in [0.3, 0.4) is 0 Å². The van der Waals surface area contributed by atoms with E-state index in [-0.39, 0.29) is 22.3 Å². The second kappa shape index (κ2) is 9.46. The molecule has 0 aliphatic heterocycles. The van der Waals surface area contributed by atoms with Gasteiger partial charge in [0.2, 0.25) is 5.75 Å². The highest BCUT2D eigenvalue weighted by atomic mass is 19.4. The van der Waals surface area contributed by atoms with Crippen LogP contribution in [0.15, 0.2) is 60.7 Å². The summed E-state index contributed by atoms with van der Waals surface area (Å²) in [4.78, 5) is 0. The quantitative estimate of drug-likeness (QED) is 0.271. The summed E-state index contributed by atoms with van der Waals surface area (Å²) in [6.45, 7) is 1.88. The summed E-state index contributed by atoms with van der Waals surface area (Å²) < 4.78 is 97.3. The van der Waals surface area contributed by atoms with Crippen molar-refractivity contribution in [1.82, 2.24) is 0 Å². The van der Waals surface area contributed by atoms with Gasteiger partial charge in [-0.05, 0) is 60.7 Å². The monoisotopic (exact) mass is 454 g/mol. The first-order valence-corrected chi connectivity index (χ1v) is 9.53. The lowest BCUT2D eigenvalue weighted by Crippen LogP contribution is -2.19. The first kappa shape index (κ1) is 23.4. The summed E-state index contributed by atoms with van der Waals surface area (Å²) >= 11 is 0. The zero-order chi connectivity index (χ0) is 23.5. The van der Waals surface area contributed by atoms with Crippen molar-refractivity contribution < 1.29 is 35.5 Å². The molecule has 1 nitrogen and oxygen atoms in total. The predicted molar refractivity (Wildman–Crippen MR) is 107 cm³/mol. The van der Waals surface area contributed by atoms with Gasteiger partial charge in [0.1, 0.15) is 11.6 Å². The number of allylic oxidation sites excluding steroid dienone is 2. The number of hydrogen-bond acceptors (Lipinski definition) is 1. The van der Waals surface area contributed by atoms with Gasteiger partial charge >= 0.3 is 6.36 Å². The second-order valence-corrected chi connectivity index (χ2v) is 6.93. The molecule has 0 radical (unpaired) electrons. The largest absolute Gasteiger partial charge is 0.573 e. The minimum absolute atomic E-state index is 0.136. The van der Waals surface area contributed by atoms with Crippen molar-refractivity contribution in [3.63, 3.8) is 0 Å². The summed E-state index contributed by atoms with van der Waals surface area (Å²) in [6, 6.07) is 9.16. The maximum atomic E-state index is 14.7. The molecule has 3 rings (SSSR count). The lowest BCUT2D eigenvalue weighted by molar-refractivity contribution is -0.276. The van der Waals surface area contributed by atoms with Crippen LogP contribution in [0.5, 0.6) is 5.75 Å². The summed E-state index contributed by atoms with van der Waals surface area (Å²) in [5.41, 5.74) is 0.499. The molecule has 0 unspecified atom stereocenters. The van der Waals surface area contributed by atoms with Crippen LogP contribution in [0.1, 0.15) is 18.9 Å².